The Morgan fingerprint density at radius 2 is 2.24 bits per heavy atom. The minimum absolute atomic E-state index is 0.00271. The van der Waals surface area contributed by atoms with Crippen LogP contribution < -0.4 is 14.8 Å². The summed E-state index contributed by atoms with van der Waals surface area (Å²) >= 11 is 0. The molecule has 0 saturated carbocycles. The van der Waals surface area contributed by atoms with Gasteiger partial charge in [-0.1, -0.05) is 6.07 Å². The molecule has 2 aliphatic rings. The first kappa shape index (κ1) is 14.2. The molecule has 1 N–H and O–H groups in total. The highest BCUT2D eigenvalue weighted by molar-refractivity contribution is 5.97. The van der Waals surface area contributed by atoms with Gasteiger partial charge in [0, 0.05) is 13.6 Å². The van der Waals surface area contributed by atoms with E-state index in [1.165, 1.54) is 12.8 Å². The first-order valence-electron chi connectivity index (χ1n) is 7.60. The topological polar surface area (TPSA) is 50.8 Å². The number of carbonyl (C=O) groups is 1. The van der Waals surface area contributed by atoms with Gasteiger partial charge in [-0.25, -0.2) is 0 Å². The van der Waals surface area contributed by atoms with E-state index in [0.717, 1.165) is 19.6 Å². The van der Waals surface area contributed by atoms with Crippen molar-refractivity contribution < 1.29 is 14.3 Å². The van der Waals surface area contributed by atoms with Crippen molar-refractivity contribution in [2.75, 3.05) is 39.9 Å². The van der Waals surface area contributed by atoms with Crippen LogP contribution in [0.5, 0.6) is 11.5 Å². The van der Waals surface area contributed by atoms with Gasteiger partial charge in [-0.3, -0.25) is 4.79 Å². The molecule has 5 heteroatoms. The van der Waals surface area contributed by atoms with Crippen LogP contribution in [-0.2, 0) is 0 Å². The lowest BCUT2D eigenvalue weighted by molar-refractivity contribution is 0.0754. The molecule has 3 rings (SSSR count). The van der Waals surface area contributed by atoms with Crippen LogP contribution in [0, 0.1) is 5.92 Å². The molecule has 0 aliphatic carbocycles. The fraction of sp³-hybridized carbons (Fsp3) is 0.562. The van der Waals surface area contributed by atoms with Crippen LogP contribution in [0.4, 0.5) is 0 Å². The van der Waals surface area contributed by atoms with E-state index in [-0.39, 0.29) is 5.91 Å². The first-order chi connectivity index (χ1) is 10.3. The van der Waals surface area contributed by atoms with E-state index in [4.69, 9.17) is 9.47 Å². The van der Waals surface area contributed by atoms with Crippen LogP contribution in [0.25, 0.3) is 0 Å². The molecule has 1 amide bonds. The second-order valence-electron chi connectivity index (χ2n) is 5.73. The standard InChI is InChI=1S/C16H22N2O3/c1-18(11-12-4-3-7-17-10-12)16(19)13-5-2-6-14-15(13)21-9-8-20-14/h2,5-6,12,17H,3-4,7-11H2,1H3. The maximum atomic E-state index is 12.7. The summed E-state index contributed by atoms with van der Waals surface area (Å²) in [6.45, 7) is 3.88. The maximum Gasteiger partial charge on any atom is 0.257 e. The Bertz CT molecular complexity index is 512. The molecule has 5 nitrogen and oxygen atoms in total. The molecule has 1 aromatic rings. The summed E-state index contributed by atoms with van der Waals surface area (Å²) in [6, 6.07) is 5.50. The number of rotatable bonds is 3. The SMILES string of the molecule is CN(CC1CCCNC1)C(=O)c1cccc2c1OCCO2. The van der Waals surface area contributed by atoms with E-state index >= 15 is 0 Å². The van der Waals surface area contributed by atoms with Crippen molar-refractivity contribution in [1.82, 2.24) is 10.2 Å². The second kappa shape index (κ2) is 6.35. The minimum Gasteiger partial charge on any atom is -0.486 e. The Morgan fingerprint density at radius 1 is 1.38 bits per heavy atom. The number of hydrogen-bond acceptors (Lipinski definition) is 4. The molecular formula is C16H22N2O3. The lowest BCUT2D eigenvalue weighted by atomic mass is 9.99. The molecule has 1 fully saturated rings. The monoisotopic (exact) mass is 290 g/mol. The van der Waals surface area contributed by atoms with Crippen LogP contribution in [0.1, 0.15) is 23.2 Å². The summed E-state index contributed by atoms with van der Waals surface area (Å²) < 4.78 is 11.2. The summed E-state index contributed by atoms with van der Waals surface area (Å²) in [5, 5.41) is 3.39. The Kier molecular flexibility index (Phi) is 4.29. The van der Waals surface area contributed by atoms with Crippen molar-refractivity contribution in [3.63, 3.8) is 0 Å². The minimum atomic E-state index is 0.00271. The van der Waals surface area contributed by atoms with E-state index in [1.807, 2.05) is 25.2 Å². The van der Waals surface area contributed by atoms with Gasteiger partial charge in [0.15, 0.2) is 11.5 Å². The summed E-state index contributed by atoms with van der Waals surface area (Å²) in [6.07, 6.45) is 2.36. The van der Waals surface area contributed by atoms with Gasteiger partial charge >= 0.3 is 0 Å². The Labute approximate surface area is 125 Å². The van der Waals surface area contributed by atoms with Gasteiger partial charge in [-0.2, -0.15) is 0 Å². The molecule has 0 spiro atoms. The molecule has 0 aromatic heterocycles. The van der Waals surface area contributed by atoms with E-state index in [0.29, 0.717) is 36.2 Å². The van der Waals surface area contributed by atoms with Crippen molar-refractivity contribution in [3.8, 4) is 11.5 Å². The van der Waals surface area contributed by atoms with Crippen molar-refractivity contribution in [3.05, 3.63) is 23.8 Å². The maximum absolute atomic E-state index is 12.7. The Balaban J connectivity index is 1.72. The number of nitrogens with zero attached hydrogens (tertiary/aromatic N) is 1. The second-order valence-corrected chi connectivity index (χ2v) is 5.73. The highest BCUT2D eigenvalue weighted by atomic mass is 16.6. The van der Waals surface area contributed by atoms with Crippen molar-refractivity contribution in [2.45, 2.75) is 12.8 Å². The zero-order valence-corrected chi connectivity index (χ0v) is 12.4. The highest BCUT2D eigenvalue weighted by Crippen LogP contribution is 2.34. The normalized spacial score (nSPS) is 20.9. The number of piperidine rings is 1. The Hall–Kier alpha value is -1.75. The lowest BCUT2D eigenvalue weighted by Crippen LogP contribution is -2.39. The Morgan fingerprint density at radius 3 is 3.05 bits per heavy atom. The van der Waals surface area contributed by atoms with Crippen molar-refractivity contribution in [2.24, 2.45) is 5.92 Å². The summed E-state index contributed by atoms with van der Waals surface area (Å²) in [7, 11) is 1.86. The molecular weight excluding hydrogens is 268 g/mol. The van der Waals surface area contributed by atoms with Gasteiger partial charge < -0.3 is 19.7 Å². The van der Waals surface area contributed by atoms with Gasteiger partial charge in [-0.05, 0) is 44.0 Å². The molecule has 0 bridgehead atoms. The van der Waals surface area contributed by atoms with Gasteiger partial charge in [-0.15, -0.1) is 0 Å². The number of amides is 1. The molecule has 114 valence electrons. The molecule has 1 saturated heterocycles. The van der Waals surface area contributed by atoms with Gasteiger partial charge in [0.25, 0.3) is 5.91 Å². The molecule has 2 aliphatic heterocycles. The van der Waals surface area contributed by atoms with Crippen LogP contribution in [0.3, 0.4) is 0 Å². The number of hydrogen-bond donors (Lipinski definition) is 1. The van der Waals surface area contributed by atoms with Crippen LogP contribution in [0.2, 0.25) is 0 Å². The third-order valence-corrected chi connectivity index (χ3v) is 4.07. The average Bonchev–Trinajstić information content (AvgIpc) is 2.54. The number of carbonyl (C=O) groups excluding carboxylic acids is 1. The molecule has 1 unspecified atom stereocenters. The van der Waals surface area contributed by atoms with E-state index < -0.39 is 0 Å². The third-order valence-electron chi connectivity index (χ3n) is 4.07. The number of para-hydroxylation sites is 1. The molecule has 1 atom stereocenters. The smallest absolute Gasteiger partial charge is 0.257 e. The fourth-order valence-electron chi connectivity index (χ4n) is 3.00. The van der Waals surface area contributed by atoms with Gasteiger partial charge in [0.1, 0.15) is 13.2 Å². The van der Waals surface area contributed by atoms with Crippen LogP contribution >= 0.6 is 0 Å². The zero-order valence-electron chi connectivity index (χ0n) is 12.4. The largest absolute Gasteiger partial charge is 0.486 e. The van der Waals surface area contributed by atoms with Crippen molar-refractivity contribution in [1.29, 1.82) is 0 Å². The molecule has 1 aromatic carbocycles. The van der Waals surface area contributed by atoms with Crippen LogP contribution in [0.15, 0.2) is 18.2 Å². The predicted molar refractivity (Wildman–Crippen MR) is 80.0 cm³/mol. The summed E-state index contributed by atoms with van der Waals surface area (Å²) in [5.74, 6) is 1.79. The van der Waals surface area contributed by atoms with E-state index in [2.05, 4.69) is 5.32 Å². The third kappa shape index (κ3) is 3.13. The van der Waals surface area contributed by atoms with E-state index in [9.17, 15) is 4.79 Å². The molecule has 21 heavy (non-hydrogen) atoms. The fourth-order valence-corrected chi connectivity index (χ4v) is 3.00. The van der Waals surface area contributed by atoms with Gasteiger partial charge in [0.2, 0.25) is 0 Å². The molecule has 2 heterocycles. The predicted octanol–water partition coefficient (Wildman–Crippen LogP) is 1.53. The first-order valence-corrected chi connectivity index (χ1v) is 7.60. The highest BCUT2D eigenvalue weighted by Gasteiger charge is 2.24. The number of nitrogens with one attached hydrogen (secondary N) is 1. The summed E-state index contributed by atoms with van der Waals surface area (Å²) in [4.78, 5) is 14.5. The average molecular weight is 290 g/mol. The quantitative estimate of drug-likeness (QED) is 0.917. The number of fused-ring (bicyclic) bond motifs is 1. The molecule has 0 radical (unpaired) electrons. The zero-order chi connectivity index (χ0) is 14.7. The number of ether oxygens (including phenoxy) is 2. The van der Waals surface area contributed by atoms with E-state index in [1.54, 1.807) is 4.90 Å². The number of benzene rings is 1. The summed E-state index contributed by atoms with van der Waals surface area (Å²) in [5.41, 5.74) is 0.596. The van der Waals surface area contributed by atoms with Gasteiger partial charge in [0.05, 0.1) is 5.56 Å². The van der Waals surface area contributed by atoms with Crippen LogP contribution in [-0.4, -0.2) is 50.7 Å². The lowest BCUT2D eigenvalue weighted by Gasteiger charge is -2.28. The van der Waals surface area contributed by atoms with Crippen molar-refractivity contribution >= 4 is 5.91 Å².